The molecule has 0 aliphatic heterocycles. The van der Waals surface area contributed by atoms with E-state index in [0.717, 1.165) is 38.7 Å². The maximum Gasteiger partial charge on any atom is 0.0471 e. The Bertz CT molecular complexity index is 1010. The lowest BCUT2D eigenvalue weighted by molar-refractivity contribution is 1.09. The molecule has 0 saturated heterocycles. The second-order valence-corrected chi connectivity index (χ2v) is 8.65. The van der Waals surface area contributed by atoms with Gasteiger partial charge in [-0.05, 0) is 97.3 Å². The quantitative estimate of drug-likeness (QED) is 0.384. The molecule has 3 aromatic carbocycles. The Morgan fingerprint density at radius 1 is 0.630 bits per heavy atom. The van der Waals surface area contributed by atoms with Gasteiger partial charge in [0.15, 0.2) is 0 Å². The molecule has 0 spiro atoms. The van der Waals surface area contributed by atoms with E-state index in [9.17, 15) is 0 Å². The fourth-order valence-electron chi connectivity index (χ4n) is 3.34. The number of hydrogen-bond donors (Lipinski definition) is 0. The highest BCUT2D eigenvalue weighted by Gasteiger charge is 2.13. The lowest BCUT2D eigenvalue weighted by Gasteiger charge is -2.15. The number of halogens is 4. The van der Waals surface area contributed by atoms with Crippen LogP contribution in [0, 0.1) is 20.8 Å². The molecular formula is C23H20Cl4. The molecule has 140 valence electrons. The molecule has 0 radical (unpaired) electrons. The van der Waals surface area contributed by atoms with Gasteiger partial charge in [0, 0.05) is 20.1 Å². The minimum absolute atomic E-state index is 0.682. The number of hydrogen-bond acceptors (Lipinski definition) is 0. The summed E-state index contributed by atoms with van der Waals surface area (Å²) in [7, 11) is 0. The van der Waals surface area contributed by atoms with Crippen LogP contribution in [0.2, 0.25) is 20.1 Å². The maximum absolute atomic E-state index is 6.51. The molecule has 0 heterocycles. The van der Waals surface area contributed by atoms with Crippen LogP contribution in [0.1, 0.15) is 38.9 Å². The molecule has 0 amide bonds. The first-order valence-corrected chi connectivity index (χ1v) is 10.2. The number of benzene rings is 3. The first-order chi connectivity index (χ1) is 12.7. The van der Waals surface area contributed by atoms with E-state index in [1.54, 1.807) is 0 Å². The lowest BCUT2D eigenvalue weighted by Crippen LogP contribution is -2.00. The van der Waals surface area contributed by atoms with E-state index in [1.807, 2.05) is 43.3 Å². The van der Waals surface area contributed by atoms with Gasteiger partial charge in [0.25, 0.3) is 0 Å². The number of rotatable bonds is 4. The molecule has 27 heavy (non-hydrogen) atoms. The normalized spacial score (nSPS) is 11.1. The molecule has 0 unspecified atom stereocenters. The zero-order valence-electron chi connectivity index (χ0n) is 15.5. The summed E-state index contributed by atoms with van der Waals surface area (Å²) in [6.45, 7) is 6.16. The van der Waals surface area contributed by atoms with Gasteiger partial charge in [0.2, 0.25) is 0 Å². The average Bonchev–Trinajstić information content (AvgIpc) is 2.59. The molecule has 3 aromatic rings. The topological polar surface area (TPSA) is 0 Å². The van der Waals surface area contributed by atoms with Gasteiger partial charge >= 0.3 is 0 Å². The summed E-state index contributed by atoms with van der Waals surface area (Å²) in [5.41, 5.74) is 7.78. The van der Waals surface area contributed by atoms with Crippen molar-refractivity contribution in [3.8, 4) is 0 Å². The van der Waals surface area contributed by atoms with Crippen molar-refractivity contribution in [1.82, 2.24) is 0 Å². The predicted octanol–water partition coefficient (Wildman–Crippen LogP) is 8.41. The van der Waals surface area contributed by atoms with Gasteiger partial charge in [0.05, 0.1) is 0 Å². The van der Waals surface area contributed by atoms with Crippen LogP contribution in [0.25, 0.3) is 0 Å². The second kappa shape index (κ2) is 8.45. The zero-order valence-corrected chi connectivity index (χ0v) is 18.5. The van der Waals surface area contributed by atoms with Crippen LogP contribution in [0.5, 0.6) is 0 Å². The summed E-state index contributed by atoms with van der Waals surface area (Å²) in [6.07, 6.45) is 1.42. The van der Waals surface area contributed by atoms with Gasteiger partial charge in [-0.2, -0.15) is 0 Å². The summed E-state index contributed by atoms with van der Waals surface area (Å²) in [5, 5.41) is 2.93. The van der Waals surface area contributed by atoms with E-state index in [4.69, 9.17) is 46.4 Å². The lowest BCUT2D eigenvalue weighted by atomic mass is 9.92. The van der Waals surface area contributed by atoms with E-state index in [2.05, 4.69) is 19.9 Å². The fourth-order valence-corrected chi connectivity index (χ4v) is 4.26. The standard InChI is InChI=1S/C23H20Cl4/c1-13-4-5-22(26)18(6-13)8-16-10-21(25)11-17(15(16)3)9-19-12-20(24)7-14(2)23(19)27/h4-7,10-12H,8-9H2,1-3H3. The van der Waals surface area contributed by atoms with E-state index < -0.39 is 0 Å². The third kappa shape index (κ3) is 4.81. The molecule has 4 heteroatoms. The van der Waals surface area contributed by atoms with Gasteiger partial charge in [-0.3, -0.25) is 0 Å². The van der Waals surface area contributed by atoms with Crippen LogP contribution < -0.4 is 0 Å². The Morgan fingerprint density at radius 3 is 1.85 bits per heavy atom. The largest absolute Gasteiger partial charge is 0.0843 e. The van der Waals surface area contributed by atoms with Crippen LogP contribution in [0.4, 0.5) is 0 Å². The SMILES string of the molecule is Cc1ccc(Cl)c(Cc2cc(Cl)cc(Cc3cc(Cl)cc(C)c3Cl)c2C)c1. The van der Waals surface area contributed by atoms with Crippen LogP contribution in [0.3, 0.4) is 0 Å². The molecule has 0 N–H and O–H groups in total. The van der Waals surface area contributed by atoms with Crippen molar-refractivity contribution < 1.29 is 0 Å². The minimum Gasteiger partial charge on any atom is -0.0843 e. The van der Waals surface area contributed by atoms with Crippen molar-refractivity contribution in [2.45, 2.75) is 33.6 Å². The van der Waals surface area contributed by atoms with Crippen molar-refractivity contribution >= 4 is 46.4 Å². The predicted molar refractivity (Wildman–Crippen MR) is 119 cm³/mol. The van der Waals surface area contributed by atoms with Crippen molar-refractivity contribution in [3.05, 3.63) is 101 Å². The monoisotopic (exact) mass is 436 g/mol. The fraction of sp³-hybridized carbons (Fsp3) is 0.217. The third-order valence-electron chi connectivity index (χ3n) is 4.85. The molecular weight excluding hydrogens is 418 g/mol. The van der Waals surface area contributed by atoms with E-state index in [0.29, 0.717) is 16.5 Å². The molecule has 0 bridgehead atoms. The Labute approximate surface area is 181 Å². The van der Waals surface area contributed by atoms with Crippen LogP contribution in [0.15, 0.2) is 42.5 Å². The van der Waals surface area contributed by atoms with Gasteiger partial charge in [0.1, 0.15) is 0 Å². The highest BCUT2D eigenvalue weighted by atomic mass is 35.5. The maximum atomic E-state index is 6.51. The highest BCUT2D eigenvalue weighted by Crippen LogP contribution is 2.31. The van der Waals surface area contributed by atoms with Gasteiger partial charge in [-0.25, -0.2) is 0 Å². The molecule has 0 nitrogen and oxygen atoms in total. The summed E-state index contributed by atoms with van der Waals surface area (Å²) in [4.78, 5) is 0. The van der Waals surface area contributed by atoms with Crippen LogP contribution >= 0.6 is 46.4 Å². The van der Waals surface area contributed by atoms with Crippen molar-refractivity contribution in [1.29, 1.82) is 0 Å². The van der Waals surface area contributed by atoms with Crippen LogP contribution in [-0.4, -0.2) is 0 Å². The smallest absolute Gasteiger partial charge is 0.0471 e. The highest BCUT2D eigenvalue weighted by molar-refractivity contribution is 6.34. The minimum atomic E-state index is 0.682. The summed E-state index contributed by atoms with van der Waals surface area (Å²) < 4.78 is 0. The van der Waals surface area contributed by atoms with E-state index >= 15 is 0 Å². The molecule has 0 aliphatic carbocycles. The Morgan fingerprint density at radius 2 is 1.19 bits per heavy atom. The molecule has 0 aliphatic rings. The van der Waals surface area contributed by atoms with Crippen molar-refractivity contribution in [2.24, 2.45) is 0 Å². The van der Waals surface area contributed by atoms with E-state index in [-0.39, 0.29) is 0 Å². The van der Waals surface area contributed by atoms with Crippen LogP contribution in [-0.2, 0) is 12.8 Å². The van der Waals surface area contributed by atoms with Gasteiger partial charge in [-0.15, -0.1) is 0 Å². The second-order valence-electron chi connectivity index (χ2n) is 6.99. The Kier molecular flexibility index (Phi) is 6.43. The molecule has 0 atom stereocenters. The number of aryl methyl sites for hydroxylation is 2. The van der Waals surface area contributed by atoms with Gasteiger partial charge < -0.3 is 0 Å². The first kappa shape index (κ1) is 20.6. The van der Waals surface area contributed by atoms with Crippen molar-refractivity contribution in [2.75, 3.05) is 0 Å². The molecule has 3 rings (SSSR count). The zero-order chi connectivity index (χ0) is 19.7. The molecule has 0 saturated carbocycles. The molecule has 0 aromatic heterocycles. The molecule has 0 fully saturated rings. The summed E-state index contributed by atoms with van der Waals surface area (Å²) in [5.74, 6) is 0. The third-order valence-corrected chi connectivity index (χ3v) is 6.19. The van der Waals surface area contributed by atoms with Gasteiger partial charge in [-0.1, -0.05) is 64.1 Å². The summed E-state index contributed by atoms with van der Waals surface area (Å²) in [6, 6.07) is 13.9. The van der Waals surface area contributed by atoms with Crippen molar-refractivity contribution in [3.63, 3.8) is 0 Å². The Balaban J connectivity index is 2.00. The van der Waals surface area contributed by atoms with E-state index in [1.165, 1.54) is 16.7 Å². The summed E-state index contributed by atoms with van der Waals surface area (Å²) >= 11 is 25.6. The average molecular weight is 438 g/mol. The first-order valence-electron chi connectivity index (χ1n) is 8.72. The Hall–Kier alpha value is -1.18.